The third-order valence-corrected chi connectivity index (χ3v) is 18.1. The van der Waals surface area contributed by atoms with E-state index in [2.05, 4.69) is 22.1 Å². The van der Waals surface area contributed by atoms with Crippen LogP contribution in [-0.2, 0) is 42.2 Å². The first kappa shape index (κ1) is 63.7. The molecule has 5 aliphatic rings. The van der Waals surface area contributed by atoms with Gasteiger partial charge in [-0.2, -0.15) is 0 Å². The van der Waals surface area contributed by atoms with E-state index in [0.29, 0.717) is 60.7 Å². The predicted molar refractivity (Wildman–Crippen MR) is 348 cm³/mol. The van der Waals surface area contributed by atoms with E-state index in [1.54, 1.807) is 52.3 Å². The van der Waals surface area contributed by atoms with Crippen molar-refractivity contribution in [2.45, 2.75) is 75.9 Å². The highest BCUT2D eigenvalue weighted by Gasteiger charge is 2.58. The molecule has 4 amide bonds. The Bertz CT molecular complexity index is 3910. The van der Waals surface area contributed by atoms with Crippen molar-refractivity contribution in [2.75, 3.05) is 46.9 Å². The van der Waals surface area contributed by atoms with Crippen LogP contribution in [0, 0.1) is 29.4 Å². The van der Waals surface area contributed by atoms with Crippen molar-refractivity contribution in [1.82, 2.24) is 19.6 Å². The highest BCUT2D eigenvalue weighted by atomic mass is 35.5. The second-order valence-corrected chi connectivity index (χ2v) is 24.3. The zero-order valence-corrected chi connectivity index (χ0v) is 51.9. The molecule has 7 N–H and O–H groups in total. The van der Waals surface area contributed by atoms with E-state index in [-0.39, 0.29) is 65.9 Å². The lowest BCUT2D eigenvalue weighted by molar-refractivity contribution is -0.134. The van der Waals surface area contributed by atoms with Crippen molar-refractivity contribution in [3.63, 3.8) is 0 Å². The topological polar surface area (TPSA) is 226 Å². The lowest BCUT2D eigenvalue weighted by Crippen LogP contribution is -2.54. The molecule has 1 saturated heterocycles. The van der Waals surface area contributed by atoms with Gasteiger partial charge in [0.2, 0.25) is 11.8 Å². The van der Waals surface area contributed by atoms with E-state index in [1.807, 2.05) is 127 Å². The summed E-state index contributed by atoms with van der Waals surface area (Å²) in [5, 5.41) is 9.79. The maximum absolute atomic E-state index is 13.7. The summed E-state index contributed by atoms with van der Waals surface area (Å²) in [4.78, 5) is 71.9. The Morgan fingerprint density at radius 3 is 1.80 bits per heavy atom. The second-order valence-electron chi connectivity index (χ2n) is 23.9. The van der Waals surface area contributed by atoms with E-state index in [4.69, 9.17) is 43.6 Å². The van der Waals surface area contributed by atoms with Crippen molar-refractivity contribution in [2.24, 2.45) is 49.9 Å². The van der Waals surface area contributed by atoms with Crippen LogP contribution in [0.25, 0.3) is 33.4 Å². The molecule has 90 heavy (non-hydrogen) atoms. The summed E-state index contributed by atoms with van der Waals surface area (Å²) in [5.74, 6) is -0.143. The summed E-state index contributed by atoms with van der Waals surface area (Å²) in [6.45, 7) is 7.45. The number of aliphatic hydroxyl groups is 1. The molecule has 7 aromatic rings. The van der Waals surface area contributed by atoms with Crippen LogP contribution in [0.1, 0.15) is 75.1 Å². The smallest absolute Gasteiger partial charge is 0.262 e. The largest absolute Gasteiger partial charge is 0.497 e. The molecule has 4 aliphatic heterocycles. The number of nitrogens with two attached hydrogens (primary N) is 3. The fourth-order valence-corrected chi connectivity index (χ4v) is 12.7. The third kappa shape index (κ3) is 13.4. The minimum absolute atomic E-state index is 0.0116. The molecule has 12 rings (SSSR count). The van der Waals surface area contributed by atoms with E-state index in [9.17, 15) is 28.0 Å². The van der Waals surface area contributed by atoms with Crippen molar-refractivity contribution in [3.05, 3.63) is 209 Å². The van der Waals surface area contributed by atoms with Crippen molar-refractivity contribution in [3.8, 4) is 39.1 Å². The Morgan fingerprint density at radius 1 is 0.633 bits per heavy atom. The van der Waals surface area contributed by atoms with Crippen molar-refractivity contribution >= 4 is 53.1 Å². The molecular weight excluding hydrogens is 1160 g/mol. The summed E-state index contributed by atoms with van der Waals surface area (Å²) in [6.07, 6.45) is 4.57. The van der Waals surface area contributed by atoms with Gasteiger partial charge in [-0.3, -0.25) is 33.9 Å². The highest BCUT2D eigenvalue weighted by molar-refractivity contribution is 6.30. The molecule has 4 heterocycles. The fraction of sp³-hybridized carbons (Fsp3) is 0.310. The molecular formula is C71H75ClF2N10O6. The summed E-state index contributed by atoms with van der Waals surface area (Å²) in [6, 6.07) is 52.0. The van der Waals surface area contributed by atoms with Gasteiger partial charge in [0.15, 0.2) is 29.0 Å². The van der Waals surface area contributed by atoms with Crippen molar-refractivity contribution in [1.29, 1.82) is 0 Å². The molecule has 16 nitrogen and oxygen atoms in total. The number of nitrogens with zero attached hydrogens (tertiary/aromatic N) is 7. The zero-order chi connectivity index (χ0) is 64.1. The maximum atomic E-state index is 13.7. The van der Waals surface area contributed by atoms with Gasteiger partial charge in [0.25, 0.3) is 11.8 Å². The van der Waals surface area contributed by atoms with Gasteiger partial charge < -0.3 is 31.9 Å². The molecule has 1 saturated carbocycles. The molecule has 2 fully saturated rings. The minimum Gasteiger partial charge on any atom is -0.497 e. The van der Waals surface area contributed by atoms with Gasteiger partial charge in [-0.15, -0.1) is 0 Å². The standard InChI is InChI=1S/C26H27N3O2.C24H26F2N4O2.C21H22ClN3O2/c1-26(21-13-7-11-19(16-21)20-12-8-14-22(17-20)31-3)23(15-18-9-5-4-6-10-18)24(30)29(2)25(27)28-26;1-15(31)29-8-6-16(7-9-29)14-30-22(32)24(2,28-23(30)27)19-5-3-4-17(10-19)18-11-20(25)13-21(26)12-18;22-18-7-2-5-15(13-18)14-4-1-6-17(12-14)21(16-8-9-16)19(27)25(10-3-11-26)20(23)24-21/h4-14,16-17,23H,15H2,1-3H3,(H2,27,28);3-5,10-13,16H,6-9,14H2,1-2H3,(H2,27,28);1-2,4-7,12-13,16,26H,3,8-11H2,(H2,23,24)/t23-,26+;;/m0../s1. The Hall–Kier alpha value is -9.26. The number of methoxy groups -OCH3 is 1. The van der Waals surface area contributed by atoms with Crippen LogP contribution in [0.3, 0.4) is 0 Å². The van der Waals surface area contributed by atoms with Gasteiger partial charge in [-0.05, 0) is 174 Å². The molecule has 1 aliphatic carbocycles. The van der Waals surface area contributed by atoms with Gasteiger partial charge in [0.1, 0.15) is 17.4 Å². The summed E-state index contributed by atoms with van der Waals surface area (Å²) < 4.78 is 32.7. The number of rotatable bonds is 15. The first-order chi connectivity index (χ1) is 43.1. The van der Waals surface area contributed by atoms with E-state index < -0.39 is 28.3 Å². The summed E-state index contributed by atoms with van der Waals surface area (Å²) in [5.41, 5.74) is 24.0. The fourth-order valence-electron chi connectivity index (χ4n) is 12.5. The Balaban J connectivity index is 0.000000149. The van der Waals surface area contributed by atoms with E-state index in [1.165, 1.54) is 26.8 Å². The van der Waals surface area contributed by atoms with Gasteiger partial charge in [-0.25, -0.2) is 23.8 Å². The van der Waals surface area contributed by atoms with E-state index in [0.717, 1.165) is 76.4 Å². The van der Waals surface area contributed by atoms with Gasteiger partial charge in [0.05, 0.1) is 18.6 Å². The maximum Gasteiger partial charge on any atom is 0.262 e. The van der Waals surface area contributed by atoms with Gasteiger partial charge >= 0.3 is 0 Å². The van der Waals surface area contributed by atoms with Crippen LogP contribution in [0.5, 0.6) is 5.75 Å². The first-order valence-corrected chi connectivity index (χ1v) is 30.6. The number of guanidine groups is 3. The SMILES string of the molecule is CC(=O)N1CCC(CN2C(=O)C(C)(c3cccc(-c4cc(F)cc(F)c4)c3)N=C2N)CC1.COc1cccc(-c2cccc([C@@]3(C)N=C(N)N(C)C(=O)[C@@H]3Cc3ccccc3)c2)c1.NC1=NC(c2cccc(-c3cccc(Cl)c3)c2)(C2CC2)C(=O)N1CCCO. The first-order valence-electron chi connectivity index (χ1n) is 30.2. The number of carbonyl (C=O) groups excluding carboxylic acids is 4. The number of amides is 4. The normalized spacial score (nSPS) is 21.6. The Kier molecular flexibility index (Phi) is 19.0. The van der Waals surface area contributed by atoms with Crippen LogP contribution in [0.15, 0.2) is 185 Å². The number of piperidine rings is 1. The number of hydrogen-bond donors (Lipinski definition) is 4. The number of halogens is 3. The molecule has 4 atom stereocenters. The van der Waals surface area contributed by atoms with Crippen LogP contribution >= 0.6 is 11.6 Å². The number of aliphatic imine (C=N–C) groups is 3. The molecule has 19 heteroatoms. The summed E-state index contributed by atoms with van der Waals surface area (Å²) in [7, 11) is 3.35. The number of ether oxygens (including phenoxy) is 1. The number of benzene rings is 7. The molecule has 0 spiro atoms. The molecule has 7 aromatic carbocycles. The van der Waals surface area contributed by atoms with Crippen molar-refractivity contribution < 1.29 is 37.8 Å². The summed E-state index contributed by atoms with van der Waals surface area (Å²) >= 11 is 6.14. The third-order valence-electron chi connectivity index (χ3n) is 17.8. The lowest BCUT2D eigenvalue weighted by Gasteiger charge is -2.41. The monoisotopic (exact) mass is 1240 g/mol. The van der Waals surface area contributed by atoms with Gasteiger partial charge in [-0.1, -0.05) is 121 Å². The highest BCUT2D eigenvalue weighted by Crippen LogP contribution is 2.52. The Labute approximate surface area is 528 Å². The average molecular weight is 1240 g/mol. The quantitative estimate of drug-likeness (QED) is 0.0765. The average Bonchev–Trinajstić information content (AvgIpc) is 1.53. The van der Waals surface area contributed by atoms with Crippen LogP contribution in [-0.4, -0.2) is 113 Å². The lowest BCUT2D eigenvalue weighted by atomic mass is 9.74. The molecule has 2 unspecified atom stereocenters. The number of aliphatic hydroxyl groups excluding tert-OH is 1. The number of carbonyl (C=O) groups is 4. The molecule has 0 bridgehead atoms. The zero-order valence-electron chi connectivity index (χ0n) is 51.2. The molecule has 0 aromatic heterocycles. The van der Waals surface area contributed by atoms with Crippen LogP contribution in [0.4, 0.5) is 8.78 Å². The number of hydrogen-bond acceptors (Lipinski definition) is 12. The molecule has 0 radical (unpaired) electrons. The molecule has 466 valence electrons. The van der Waals surface area contributed by atoms with Crippen LogP contribution in [0.2, 0.25) is 5.02 Å². The number of likely N-dealkylation sites (tertiary alicyclic amines) is 1. The van der Waals surface area contributed by atoms with Crippen LogP contribution < -0.4 is 21.9 Å². The predicted octanol–water partition coefficient (Wildman–Crippen LogP) is 10.6. The second kappa shape index (κ2) is 26.8. The van der Waals surface area contributed by atoms with Gasteiger partial charge in [0, 0.05) is 57.8 Å². The minimum atomic E-state index is -1.22. The Morgan fingerprint density at radius 2 is 1.19 bits per heavy atom. The van der Waals surface area contributed by atoms with E-state index >= 15 is 0 Å².